The van der Waals surface area contributed by atoms with Crippen LogP contribution in [0.15, 0.2) is 47.6 Å². The van der Waals surface area contributed by atoms with Crippen molar-refractivity contribution in [2.45, 2.75) is 17.9 Å². The molecule has 1 unspecified atom stereocenters. The molecule has 4 rings (SSSR count). The van der Waals surface area contributed by atoms with E-state index < -0.39 is 12.1 Å². The van der Waals surface area contributed by atoms with E-state index in [0.717, 1.165) is 4.90 Å². The number of hydrogen-bond acceptors (Lipinski definition) is 8. The highest BCUT2D eigenvalue weighted by Crippen LogP contribution is 2.34. The summed E-state index contributed by atoms with van der Waals surface area (Å²) in [6.45, 7) is 3.55. The number of thioether (sulfide) groups is 1. The molecule has 9 nitrogen and oxygen atoms in total. The van der Waals surface area contributed by atoms with Gasteiger partial charge in [-0.3, -0.25) is 19.3 Å². The average molecular weight is 442 g/mol. The second kappa shape index (κ2) is 9.34. The van der Waals surface area contributed by atoms with Crippen molar-refractivity contribution in [3.05, 3.63) is 42.7 Å². The highest BCUT2D eigenvalue weighted by Gasteiger charge is 2.30. The Bertz CT molecular complexity index is 965. The number of piperazine rings is 1. The summed E-state index contributed by atoms with van der Waals surface area (Å²) in [4.78, 5) is 52.1. The van der Waals surface area contributed by atoms with Gasteiger partial charge in [-0.2, -0.15) is 0 Å². The fourth-order valence-electron chi connectivity index (χ4n) is 3.58. The van der Waals surface area contributed by atoms with Crippen molar-refractivity contribution in [1.82, 2.24) is 14.9 Å². The van der Waals surface area contributed by atoms with Crippen molar-refractivity contribution in [1.29, 1.82) is 0 Å². The summed E-state index contributed by atoms with van der Waals surface area (Å²) >= 11 is 1.45. The van der Waals surface area contributed by atoms with E-state index in [1.165, 1.54) is 16.7 Å². The van der Waals surface area contributed by atoms with Crippen LogP contribution in [0.4, 0.5) is 11.6 Å². The van der Waals surface area contributed by atoms with Crippen molar-refractivity contribution >= 4 is 41.2 Å². The second-order valence-corrected chi connectivity index (χ2v) is 8.25. The molecule has 162 valence electrons. The number of nitrogens with zero attached hydrogens (tertiary/aromatic N) is 5. The van der Waals surface area contributed by atoms with Gasteiger partial charge < -0.3 is 14.5 Å². The maximum absolute atomic E-state index is 12.7. The van der Waals surface area contributed by atoms with Crippen molar-refractivity contribution in [3.8, 4) is 0 Å². The third kappa shape index (κ3) is 4.79. The summed E-state index contributed by atoms with van der Waals surface area (Å²) in [5.41, 5.74) is 0.693. The number of benzene rings is 1. The molecule has 2 aliphatic heterocycles. The quantitative estimate of drug-likeness (QED) is 0.639. The third-order valence-electron chi connectivity index (χ3n) is 5.18. The molecule has 2 aromatic rings. The smallest absolute Gasteiger partial charge is 0.326 e. The Labute approximate surface area is 184 Å². The number of esters is 1. The highest BCUT2D eigenvalue weighted by atomic mass is 32.2. The van der Waals surface area contributed by atoms with Crippen LogP contribution < -0.4 is 9.80 Å². The van der Waals surface area contributed by atoms with Gasteiger partial charge in [0, 0.05) is 43.5 Å². The zero-order chi connectivity index (χ0) is 21.8. The van der Waals surface area contributed by atoms with Crippen LogP contribution in [0.1, 0.15) is 6.92 Å². The van der Waals surface area contributed by atoms with Crippen LogP contribution >= 0.6 is 11.8 Å². The summed E-state index contributed by atoms with van der Waals surface area (Å²) in [7, 11) is 0. The number of para-hydroxylation sites is 1. The Balaban J connectivity index is 1.30. The summed E-state index contributed by atoms with van der Waals surface area (Å²) in [5, 5.41) is 0. The van der Waals surface area contributed by atoms with Crippen LogP contribution in [0, 0.1) is 0 Å². The topological polar surface area (TPSA) is 95.9 Å². The van der Waals surface area contributed by atoms with Gasteiger partial charge in [-0.1, -0.05) is 12.1 Å². The molecule has 1 fully saturated rings. The van der Waals surface area contributed by atoms with Gasteiger partial charge in [0.05, 0.1) is 11.4 Å². The largest absolute Gasteiger partial charge is 0.451 e. The predicted octanol–water partition coefficient (Wildman–Crippen LogP) is 1.20. The van der Waals surface area contributed by atoms with Crippen molar-refractivity contribution in [2.24, 2.45) is 0 Å². The molecule has 1 aromatic heterocycles. The lowest BCUT2D eigenvalue weighted by molar-refractivity contribution is -0.158. The predicted molar refractivity (Wildman–Crippen MR) is 116 cm³/mol. The normalized spacial score (nSPS) is 17.2. The molecule has 1 saturated heterocycles. The standard InChI is InChI=1S/C21H23N5O4S/c1-15(20(29)24-9-11-25(12-10-24)21-22-7-4-8-23-21)30-19(28)13-26-16-5-2-3-6-17(16)31-14-18(26)27/h2-8,15H,9-14H2,1H3. The number of anilines is 2. The van der Waals surface area contributed by atoms with Crippen molar-refractivity contribution < 1.29 is 19.1 Å². The maximum Gasteiger partial charge on any atom is 0.326 e. The van der Waals surface area contributed by atoms with Gasteiger partial charge >= 0.3 is 5.97 Å². The minimum Gasteiger partial charge on any atom is -0.451 e. The molecule has 31 heavy (non-hydrogen) atoms. The van der Waals surface area contributed by atoms with E-state index in [1.54, 1.807) is 36.4 Å². The van der Waals surface area contributed by atoms with Gasteiger partial charge in [-0.15, -0.1) is 11.8 Å². The Kier molecular flexibility index (Phi) is 6.36. The van der Waals surface area contributed by atoms with E-state index in [9.17, 15) is 14.4 Å². The zero-order valence-corrected chi connectivity index (χ0v) is 18.0. The lowest BCUT2D eigenvalue weighted by Crippen LogP contribution is -2.52. The van der Waals surface area contributed by atoms with Gasteiger partial charge in [0.1, 0.15) is 6.54 Å². The van der Waals surface area contributed by atoms with Gasteiger partial charge in [0.2, 0.25) is 11.9 Å². The first kappa shape index (κ1) is 21.1. The zero-order valence-electron chi connectivity index (χ0n) is 17.1. The molecule has 0 spiro atoms. The van der Waals surface area contributed by atoms with E-state index in [0.29, 0.717) is 37.8 Å². The number of rotatable bonds is 5. The van der Waals surface area contributed by atoms with Crippen molar-refractivity contribution in [3.63, 3.8) is 0 Å². The number of amides is 2. The molecule has 2 amide bonds. The highest BCUT2D eigenvalue weighted by molar-refractivity contribution is 8.00. The van der Waals surface area contributed by atoms with Gasteiger partial charge in [0.25, 0.3) is 5.91 Å². The Morgan fingerprint density at radius 2 is 1.81 bits per heavy atom. The molecule has 0 N–H and O–H groups in total. The van der Waals surface area contributed by atoms with E-state index >= 15 is 0 Å². The summed E-state index contributed by atoms with van der Waals surface area (Å²) in [6, 6.07) is 9.19. The van der Waals surface area contributed by atoms with Gasteiger partial charge in [-0.25, -0.2) is 9.97 Å². The van der Waals surface area contributed by atoms with E-state index in [1.807, 2.05) is 23.1 Å². The fourth-order valence-corrected chi connectivity index (χ4v) is 4.52. The van der Waals surface area contributed by atoms with E-state index in [4.69, 9.17) is 4.74 Å². The molecular formula is C21H23N5O4S. The molecule has 10 heteroatoms. The van der Waals surface area contributed by atoms with Crippen LogP contribution in [-0.2, 0) is 19.1 Å². The minimum absolute atomic E-state index is 0.154. The number of hydrogen-bond donors (Lipinski definition) is 0. The number of fused-ring (bicyclic) bond motifs is 1. The lowest BCUT2D eigenvalue weighted by Gasteiger charge is -2.35. The third-order valence-corrected chi connectivity index (χ3v) is 6.23. The Morgan fingerprint density at radius 3 is 2.55 bits per heavy atom. The summed E-state index contributed by atoms with van der Waals surface area (Å²) in [5.74, 6) is -0.0958. The minimum atomic E-state index is -0.920. The fraction of sp³-hybridized carbons (Fsp3) is 0.381. The van der Waals surface area contributed by atoms with Crippen LogP contribution in [0.5, 0.6) is 0 Å². The van der Waals surface area contributed by atoms with Gasteiger partial charge in [-0.05, 0) is 25.1 Å². The van der Waals surface area contributed by atoms with Crippen LogP contribution in [0.25, 0.3) is 0 Å². The SMILES string of the molecule is CC(OC(=O)CN1C(=O)CSc2ccccc21)C(=O)N1CCN(c2ncccn2)CC1. The molecule has 0 saturated carbocycles. The monoisotopic (exact) mass is 441 g/mol. The van der Waals surface area contributed by atoms with Crippen LogP contribution in [-0.4, -0.2) is 77.2 Å². The molecule has 3 heterocycles. The maximum atomic E-state index is 12.7. The molecule has 1 atom stereocenters. The second-order valence-electron chi connectivity index (χ2n) is 7.23. The first-order valence-electron chi connectivity index (χ1n) is 10.1. The van der Waals surface area contributed by atoms with Crippen LogP contribution in [0.3, 0.4) is 0 Å². The Hall–Kier alpha value is -3.14. The number of carbonyl (C=O) groups excluding carboxylic acids is 3. The molecule has 2 aliphatic rings. The molecular weight excluding hydrogens is 418 g/mol. The summed E-state index contributed by atoms with van der Waals surface area (Å²) in [6.07, 6.45) is 2.45. The number of ether oxygens (including phenoxy) is 1. The van der Waals surface area contributed by atoms with E-state index in [2.05, 4.69) is 9.97 Å². The average Bonchev–Trinajstić information content (AvgIpc) is 2.81. The first-order valence-corrected chi connectivity index (χ1v) is 11.0. The van der Waals surface area contributed by atoms with Crippen molar-refractivity contribution in [2.75, 3.05) is 48.3 Å². The lowest BCUT2D eigenvalue weighted by atomic mass is 10.2. The van der Waals surface area contributed by atoms with Gasteiger partial charge in [0.15, 0.2) is 6.10 Å². The van der Waals surface area contributed by atoms with Crippen LogP contribution in [0.2, 0.25) is 0 Å². The molecule has 0 radical (unpaired) electrons. The number of aromatic nitrogens is 2. The number of carbonyl (C=O) groups is 3. The summed E-state index contributed by atoms with van der Waals surface area (Å²) < 4.78 is 5.37. The molecule has 1 aromatic carbocycles. The molecule has 0 aliphatic carbocycles. The van der Waals surface area contributed by atoms with E-state index in [-0.39, 0.29) is 24.1 Å². The first-order chi connectivity index (χ1) is 15.0. The molecule has 0 bridgehead atoms. The Morgan fingerprint density at radius 1 is 1.10 bits per heavy atom.